The van der Waals surface area contributed by atoms with Gasteiger partial charge in [0.25, 0.3) is 0 Å². The summed E-state index contributed by atoms with van der Waals surface area (Å²) in [5, 5.41) is 5.57. The third-order valence-electron chi connectivity index (χ3n) is 6.12. The summed E-state index contributed by atoms with van der Waals surface area (Å²) in [5.74, 6) is 0.638. The second-order valence-corrected chi connectivity index (χ2v) is 9.17. The number of nitrogens with zero attached hydrogens (tertiary/aromatic N) is 2. The number of methoxy groups -OCH3 is 2. The Balaban J connectivity index is 1.68. The molecule has 35 heavy (non-hydrogen) atoms. The smallest absolute Gasteiger partial charge is 0.338 e. The zero-order chi connectivity index (χ0) is 24.9. The van der Waals surface area contributed by atoms with E-state index in [-0.39, 0.29) is 25.0 Å². The lowest BCUT2D eigenvalue weighted by atomic mass is 9.92. The van der Waals surface area contributed by atoms with Crippen molar-refractivity contribution in [2.75, 3.05) is 34.0 Å². The van der Waals surface area contributed by atoms with Crippen LogP contribution < -0.4 is 14.8 Å². The van der Waals surface area contributed by atoms with E-state index in [0.29, 0.717) is 34.5 Å². The fourth-order valence-electron chi connectivity index (χ4n) is 4.45. The highest BCUT2D eigenvalue weighted by Crippen LogP contribution is 2.47. The third-order valence-corrected chi connectivity index (χ3v) is 7.01. The Hall–Kier alpha value is -2.98. The Labute approximate surface area is 209 Å². The minimum absolute atomic E-state index is 0.0628. The molecule has 0 aromatic heterocycles. The lowest BCUT2D eigenvalue weighted by Gasteiger charge is -2.36. The maximum absolute atomic E-state index is 13.1. The minimum atomic E-state index is -0.598. The van der Waals surface area contributed by atoms with Gasteiger partial charge < -0.3 is 29.2 Å². The van der Waals surface area contributed by atoms with Crippen molar-refractivity contribution in [3.8, 4) is 11.5 Å². The predicted octanol–water partition coefficient (Wildman–Crippen LogP) is 3.53. The summed E-state index contributed by atoms with van der Waals surface area (Å²) in [4.78, 5) is 32.6. The van der Waals surface area contributed by atoms with Crippen molar-refractivity contribution in [3.05, 3.63) is 46.1 Å². The minimum Gasteiger partial charge on any atom is -0.497 e. The number of carbonyl (C=O) groups excluding carboxylic acids is 2. The monoisotopic (exact) mass is 501 g/mol. The molecule has 0 radical (unpaired) electrons. The summed E-state index contributed by atoms with van der Waals surface area (Å²) in [6.45, 7) is 5.02. The average Bonchev–Trinajstić information content (AvgIpc) is 3.51. The Morgan fingerprint density at radius 1 is 1.29 bits per heavy atom. The zero-order valence-corrected chi connectivity index (χ0v) is 21.3. The van der Waals surface area contributed by atoms with E-state index in [0.717, 1.165) is 30.7 Å². The Morgan fingerprint density at radius 3 is 2.80 bits per heavy atom. The van der Waals surface area contributed by atoms with Gasteiger partial charge in [-0.25, -0.2) is 9.79 Å². The average molecular weight is 502 g/mol. The number of allylic oxidation sites excluding steroid dienone is 1. The van der Waals surface area contributed by atoms with Crippen LogP contribution in [-0.2, 0) is 19.1 Å². The first-order valence-electron chi connectivity index (χ1n) is 11.7. The van der Waals surface area contributed by atoms with Crippen LogP contribution in [0.2, 0.25) is 0 Å². The molecule has 1 saturated heterocycles. The fourth-order valence-corrected chi connectivity index (χ4v) is 5.41. The van der Waals surface area contributed by atoms with Crippen LogP contribution in [0.3, 0.4) is 0 Å². The molecule has 9 nitrogen and oxygen atoms in total. The van der Waals surface area contributed by atoms with Crippen molar-refractivity contribution in [2.24, 2.45) is 4.99 Å². The molecule has 0 saturated carbocycles. The summed E-state index contributed by atoms with van der Waals surface area (Å²) in [5.41, 5.74) is 2.42. The number of benzene rings is 1. The molecule has 1 fully saturated rings. The van der Waals surface area contributed by atoms with Gasteiger partial charge in [-0.05, 0) is 50.3 Å². The first kappa shape index (κ1) is 25.1. The first-order chi connectivity index (χ1) is 17.0. The largest absolute Gasteiger partial charge is 0.497 e. The van der Waals surface area contributed by atoms with Crippen molar-refractivity contribution < 1.29 is 28.5 Å². The number of ether oxygens (including phenoxy) is 4. The number of thioether (sulfide) groups is 1. The third kappa shape index (κ3) is 5.33. The molecule has 10 heteroatoms. The van der Waals surface area contributed by atoms with Crippen molar-refractivity contribution >= 4 is 28.8 Å². The number of amides is 1. The van der Waals surface area contributed by atoms with E-state index in [1.165, 1.54) is 11.8 Å². The van der Waals surface area contributed by atoms with E-state index in [1.54, 1.807) is 40.2 Å². The molecule has 3 heterocycles. The molecule has 0 bridgehead atoms. The molecule has 188 valence electrons. The SMILES string of the molecule is CCOC(=O)C1=C(C)N=C2SC=C(CC(=O)NC[C@@H]3CCCO3)N2[C@H]1c1cc(OC)ccc1OC. The van der Waals surface area contributed by atoms with E-state index in [1.807, 2.05) is 16.4 Å². The number of carbonyl (C=O) groups is 2. The van der Waals surface area contributed by atoms with Crippen LogP contribution in [0, 0.1) is 0 Å². The quantitative estimate of drug-likeness (QED) is 0.513. The van der Waals surface area contributed by atoms with Crippen molar-refractivity contribution in [1.29, 1.82) is 0 Å². The van der Waals surface area contributed by atoms with Gasteiger partial charge in [0, 0.05) is 24.4 Å². The van der Waals surface area contributed by atoms with Crippen LogP contribution in [0.1, 0.15) is 44.7 Å². The Morgan fingerprint density at radius 2 is 2.11 bits per heavy atom. The number of nitrogens with one attached hydrogen (secondary N) is 1. The summed E-state index contributed by atoms with van der Waals surface area (Å²) in [6.07, 6.45) is 2.17. The maximum Gasteiger partial charge on any atom is 0.338 e. The molecular formula is C25H31N3O6S. The van der Waals surface area contributed by atoms with E-state index in [2.05, 4.69) is 10.3 Å². The second kappa shape index (κ2) is 11.2. The van der Waals surface area contributed by atoms with Gasteiger partial charge in [0.1, 0.15) is 11.5 Å². The van der Waals surface area contributed by atoms with Gasteiger partial charge in [0.05, 0.1) is 50.7 Å². The molecule has 4 rings (SSSR count). The highest BCUT2D eigenvalue weighted by Gasteiger charge is 2.42. The van der Waals surface area contributed by atoms with Gasteiger partial charge in [-0.1, -0.05) is 11.8 Å². The van der Waals surface area contributed by atoms with Crippen molar-refractivity contribution in [1.82, 2.24) is 10.2 Å². The van der Waals surface area contributed by atoms with E-state index in [9.17, 15) is 9.59 Å². The summed E-state index contributed by atoms with van der Waals surface area (Å²) in [6, 6.07) is 4.85. The van der Waals surface area contributed by atoms with Crippen LogP contribution >= 0.6 is 11.8 Å². The number of fused-ring (bicyclic) bond motifs is 1. The number of hydrogen-bond donors (Lipinski definition) is 1. The molecule has 0 aliphatic carbocycles. The molecule has 1 aromatic carbocycles. The Bertz CT molecular complexity index is 1080. The fraction of sp³-hybridized carbons (Fsp3) is 0.480. The molecule has 1 N–H and O–H groups in total. The van der Waals surface area contributed by atoms with Crippen LogP contribution in [0.15, 0.2) is 45.6 Å². The summed E-state index contributed by atoms with van der Waals surface area (Å²) < 4.78 is 22.2. The zero-order valence-electron chi connectivity index (χ0n) is 20.5. The lowest BCUT2D eigenvalue weighted by Crippen LogP contribution is -2.39. The van der Waals surface area contributed by atoms with Gasteiger partial charge >= 0.3 is 5.97 Å². The second-order valence-electron chi connectivity index (χ2n) is 8.34. The maximum atomic E-state index is 13.1. The highest BCUT2D eigenvalue weighted by atomic mass is 32.2. The van der Waals surface area contributed by atoms with Crippen LogP contribution in [0.25, 0.3) is 0 Å². The molecule has 3 aliphatic rings. The van der Waals surface area contributed by atoms with Gasteiger partial charge in [-0.3, -0.25) is 4.79 Å². The molecule has 0 unspecified atom stereocenters. The molecule has 2 atom stereocenters. The topological polar surface area (TPSA) is 98.7 Å². The van der Waals surface area contributed by atoms with Crippen LogP contribution in [0.4, 0.5) is 0 Å². The number of amidine groups is 1. The standard InChI is InChI=1S/C25H31N3O6S/c1-5-33-24(30)22-15(2)27-25-28(23(22)19-12-17(31-3)8-9-20(19)32-4)16(14-35-25)11-21(29)26-13-18-7-6-10-34-18/h8-9,12,14,18,23H,5-7,10-11,13H2,1-4H3,(H,26,29)/t18-,23-/m0/s1. The lowest BCUT2D eigenvalue weighted by molar-refractivity contribution is -0.139. The van der Waals surface area contributed by atoms with E-state index >= 15 is 0 Å². The number of hydrogen-bond acceptors (Lipinski definition) is 9. The number of aliphatic imine (C=N–C) groups is 1. The van der Waals surface area contributed by atoms with E-state index < -0.39 is 12.0 Å². The summed E-state index contributed by atoms with van der Waals surface area (Å²) in [7, 11) is 3.17. The van der Waals surface area contributed by atoms with Crippen LogP contribution in [0.5, 0.6) is 11.5 Å². The number of rotatable bonds is 9. The normalized spacial score (nSPS) is 21.3. The molecule has 1 amide bonds. The molecule has 1 aromatic rings. The predicted molar refractivity (Wildman–Crippen MR) is 133 cm³/mol. The van der Waals surface area contributed by atoms with Gasteiger partial charge in [-0.2, -0.15) is 0 Å². The molecule has 0 spiro atoms. The van der Waals surface area contributed by atoms with Gasteiger partial charge in [0.2, 0.25) is 5.91 Å². The van der Waals surface area contributed by atoms with Crippen molar-refractivity contribution in [2.45, 2.75) is 45.3 Å². The van der Waals surface area contributed by atoms with E-state index in [4.69, 9.17) is 18.9 Å². The number of esters is 1. The summed E-state index contributed by atoms with van der Waals surface area (Å²) >= 11 is 1.42. The first-order valence-corrected chi connectivity index (χ1v) is 12.6. The van der Waals surface area contributed by atoms with Crippen LogP contribution in [-0.4, -0.2) is 62.0 Å². The highest BCUT2D eigenvalue weighted by molar-refractivity contribution is 8.16. The molecule has 3 aliphatic heterocycles. The van der Waals surface area contributed by atoms with Gasteiger partial charge in [0.15, 0.2) is 5.17 Å². The van der Waals surface area contributed by atoms with Gasteiger partial charge in [-0.15, -0.1) is 0 Å². The van der Waals surface area contributed by atoms with Crippen molar-refractivity contribution in [3.63, 3.8) is 0 Å². The Kier molecular flexibility index (Phi) is 8.02. The molecular weight excluding hydrogens is 470 g/mol.